The molecule has 0 unspecified atom stereocenters. The number of hydrogen-bond acceptors (Lipinski definition) is 7. The molecule has 1 amide bonds. The monoisotopic (exact) mass is 405 g/mol. The van der Waals surface area contributed by atoms with E-state index in [1.165, 1.54) is 22.2 Å². The number of aryl methyl sites for hydroxylation is 1. The number of thiophene rings is 1. The number of para-hydroxylation sites is 1. The molecule has 0 bridgehead atoms. The zero-order chi connectivity index (χ0) is 20.5. The van der Waals surface area contributed by atoms with E-state index >= 15 is 0 Å². The van der Waals surface area contributed by atoms with E-state index in [4.69, 9.17) is 0 Å². The Bertz CT molecular complexity index is 1330. The number of amides is 1. The second-order valence-electron chi connectivity index (χ2n) is 6.33. The molecule has 0 fully saturated rings. The minimum absolute atomic E-state index is 0.261. The molecule has 0 aliphatic carbocycles. The third-order valence-corrected chi connectivity index (χ3v) is 5.62. The number of nitrogens with zero attached hydrogens (tertiary/aromatic N) is 6. The van der Waals surface area contributed by atoms with Crippen LogP contribution in [0.25, 0.3) is 16.7 Å². The molecule has 0 spiro atoms. The lowest BCUT2D eigenvalue weighted by Gasteiger charge is -2.05. The van der Waals surface area contributed by atoms with E-state index in [-0.39, 0.29) is 11.9 Å². The zero-order valence-corrected chi connectivity index (χ0v) is 16.4. The highest BCUT2D eigenvalue weighted by molar-refractivity contribution is 7.16. The molecule has 0 atom stereocenters. The number of nitrogens with one attached hydrogen (secondary N) is 1. The second-order valence-corrected chi connectivity index (χ2v) is 7.55. The van der Waals surface area contributed by atoms with Crippen molar-refractivity contribution in [3.8, 4) is 11.8 Å². The first kappa shape index (κ1) is 18.5. The van der Waals surface area contributed by atoms with Crippen LogP contribution in [0.5, 0.6) is 0 Å². The first-order valence-corrected chi connectivity index (χ1v) is 9.48. The number of hydrogen-bond donors (Lipinski definition) is 1. The smallest absolute Gasteiger partial charge is 0.281 e. The molecule has 4 rings (SSSR count). The van der Waals surface area contributed by atoms with Crippen LogP contribution in [0.1, 0.15) is 16.0 Å². The van der Waals surface area contributed by atoms with Crippen molar-refractivity contribution in [1.29, 1.82) is 5.26 Å². The van der Waals surface area contributed by atoms with Gasteiger partial charge >= 0.3 is 0 Å². The second kappa shape index (κ2) is 7.29. The third-order valence-electron chi connectivity index (χ3n) is 4.50. The summed E-state index contributed by atoms with van der Waals surface area (Å²) in [6.45, 7) is 3.39. The van der Waals surface area contributed by atoms with Gasteiger partial charge in [-0.3, -0.25) is 9.59 Å². The fourth-order valence-electron chi connectivity index (χ4n) is 2.88. The average molecular weight is 405 g/mol. The summed E-state index contributed by atoms with van der Waals surface area (Å²) in [5.41, 5.74) is 1.86. The average Bonchev–Trinajstić information content (AvgIpc) is 3.26. The normalized spacial score (nSPS) is 10.8. The molecule has 1 N–H and O–H groups in total. The van der Waals surface area contributed by atoms with Gasteiger partial charge in [0.15, 0.2) is 5.65 Å². The van der Waals surface area contributed by atoms with Crippen LogP contribution in [0.4, 0.5) is 5.00 Å². The van der Waals surface area contributed by atoms with Crippen molar-refractivity contribution in [3.05, 3.63) is 62.9 Å². The molecule has 10 heteroatoms. The first-order valence-electron chi connectivity index (χ1n) is 8.66. The first-order chi connectivity index (χ1) is 14.0. The molecule has 0 radical (unpaired) electrons. The number of fused-ring (bicyclic) bond motifs is 1. The summed E-state index contributed by atoms with van der Waals surface area (Å²) in [4.78, 5) is 26.1. The molecule has 0 aliphatic heterocycles. The van der Waals surface area contributed by atoms with Crippen LogP contribution < -0.4 is 10.9 Å². The summed E-state index contributed by atoms with van der Waals surface area (Å²) in [6, 6.07) is 11.4. The predicted octanol–water partition coefficient (Wildman–Crippen LogP) is 2.17. The Morgan fingerprint density at radius 3 is 2.76 bits per heavy atom. The van der Waals surface area contributed by atoms with Crippen molar-refractivity contribution in [2.75, 3.05) is 5.32 Å². The van der Waals surface area contributed by atoms with Crippen molar-refractivity contribution in [2.24, 2.45) is 0 Å². The zero-order valence-electron chi connectivity index (χ0n) is 15.6. The van der Waals surface area contributed by atoms with Crippen LogP contribution in [0.2, 0.25) is 0 Å². The molecule has 1 aromatic carbocycles. The molecule has 0 saturated heterocycles. The molecule has 4 aromatic rings. The van der Waals surface area contributed by atoms with Crippen LogP contribution in [0.15, 0.2) is 41.3 Å². The Morgan fingerprint density at radius 2 is 2.03 bits per heavy atom. The van der Waals surface area contributed by atoms with E-state index < -0.39 is 11.5 Å². The molecule has 0 aliphatic rings. The highest BCUT2D eigenvalue weighted by atomic mass is 32.1. The number of carbonyl (C=O) groups excluding carboxylic acids is 1. The van der Waals surface area contributed by atoms with Crippen LogP contribution in [0, 0.1) is 25.2 Å². The Morgan fingerprint density at radius 1 is 1.28 bits per heavy atom. The van der Waals surface area contributed by atoms with Gasteiger partial charge < -0.3 is 5.32 Å². The minimum atomic E-state index is -0.466. The van der Waals surface area contributed by atoms with Crippen LogP contribution in [-0.2, 0) is 11.3 Å². The molecule has 144 valence electrons. The summed E-state index contributed by atoms with van der Waals surface area (Å²) < 4.78 is 2.50. The van der Waals surface area contributed by atoms with Gasteiger partial charge in [-0.05, 0) is 31.5 Å². The maximum Gasteiger partial charge on any atom is 0.281 e. The number of carbonyl (C=O) groups is 1. The molecular weight excluding hydrogens is 390 g/mol. The van der Waals surface area contributed by atoms with Gasteiger partial charge in [0.25, 0.3) is 5.56 Å². The van der Waals surface area contributed by atoms with Gasteiger partial charge in [-0.15, -0.1) is 16.4 Å². The number of benzene rings is 1. The van der Waals surface area contributed by atoms with Crippen molar-refractivity contribution in [3.63, 3.8) is 0 Å². The van der Waals surface area contributed by atoms with E-state index in [0.717, 1.165) is 20.8 Å². The Kier molecular flexibility index (Phi) is 4.66. The van der Waals surface area contributed by atoms with Crippen molar-refractivity contribution in [2.45, 2.75) is 20.4 Å². The van der Waals surface area contributed by atoms with Gasteiger partial charge in [-0.25, -0.2) is 9.36 Å². The molecule has 9 nitrogen and oxygen atoms in total. The number of rotatable bonds is 4. The lowest BCUT2D eigenvalue weighted by Crippen LogP contribution is -2.30. The van der Waals surface area contributed by atoms with Crippen molar-refractivity contribution in [1.82, 2.24) is 24.8 Å². The Hall–Kier alpha value is -3.84. The molecule has 3 heterocycles. The summed E-state index contributed by atoms with van der Waals surface area (Å²) in [7, 11) is 0. The number of anilines is 1. The fourth-order valence-corrected chi connectivity index (χ4v) is 3.91. The van der Waals surface area contributed by atoms with Gasteiger partial charge in [0.1, 0.15) is 23.0 Å². The highest BCUT2D eigenvalue weighted by Gasteiger charge is 2.17. The summed E-state index contributed by atoms with van der Waals surface area (Å²) in [5, 5.41) is 24.9. The number of nitriles is 1. The van der Waals surface area contributed by atoms with Crippen molar-refractivity contribution < 1.29 is 4.79 Å². The van der Waals surface area contributed by atoms with Gasteiger partial charge in [-0.2, -0.15) is 10.4 Å². The van der Waals surface area contributed by atoms with E-state index in [9.17, 15) is 14.9 Å². The largest absolute Gasteiger partial charge is 0.315 e. The fraction of sp³-hybridized carbons (Fsp3) is 0.158. The standard InChI is InChI=1S/C19H15N7O2S/c1-11-12(2)29-18(14(11)8-20)22-16(27)10-25-19(28)15-9-21-26(17(15)23-24-25)13-6-4-3-5-7-13/h3-7,9H,10H2,1-2H3,(H,22,27). The van der Waals surface area contributed by atoms with Crippen LogP contribution in [0.3, 0.4) is 0 Å². The lowest BCUT2D eigenvalue weighted by atomic mass is 10.2. The molecular formula is C19H15N7O2S. The molecule has 29 heavy (non-hydrogen) atoms. The van der Waals surface area contributed by atoms with Gasteiger partial charge in [0.05, 0.1) is 17.4 Å². The van der Waals surface area contributed by atoms with Crippen LogP contribution in [-0.4, -0.2) is 30.7 Å². The molecule has 0 saturated carbocycles. The van der Waals surface area contributed by atoms with E-state index in [1.807, 2.05) is 44.2 Å². The number of aromatic nitrogens is 5. The summed E-state index contributed by atoms with van der Waals surface area (Å²) in [6.07, 6.45) is 1.41. The van der Waals surface area contributed by atoms with Gasteiger partial charge in [0, 0.05) is 4.88 Å². The predicted molar refractivity (Wildman–Crippen MR) is 108 cm³/mol. The highest BCUT2D eigenvalue weighted by Crippen LogP contribution is 2.31. The van der Waals surface area contributed by atoms with Gasteiger partial charge in [-0.1, -0.05) is 23.4 Å². The van der Waals surface area contributed by atoms with Gasteiger partial charge in [0.2, 0.25) is 5.91 Å². The van der Waals surface area contributed by atoms with E-state index in [0.29, 0.717) is 16.2 Å². The SMILES string of the molecule is Cc1sc(NC(=O)Cn2nnc3c(cnn3-c3ccccc3)c2=O)c(C#N)c1C. The van der Waals surface area contributed by atoms with E-state index in [1.54, 1.807) is 0 Å². The van der Waals surface area contributed by atoms with E-state index in [2.05, 4.69) is 26.8 Å². The summed E-state index contributed by atoms with van der Waals surface area (Å²) in [5.74, 6) is -0.464. The maximum atomic E-state index is 12.7. The van der Waals surface area contributed by atoms with Crippen LogP contribution >= 0.6 is 11.3 Å². The Labute approximate surface area is 168 Å². The maximum absolute atomic E-state index is 12.7. The topological polar surface area (TPSA) is 118 Å². The molecule has 3 aromatic heterocycles. The Balaban J connectivity index is 1.62. The van der Waals surface area contributed by atoms with Crippen molar-refractivity contribution >= 4 is 33.3 Å². The minimum Gasteiger partial charge on any atom is -0.315 e. The quantitative estimate of drug-likeness (QED) is 0.556. The third kappa shape index (κ3) is 3.28. The summed E-state index contributed by atoms with van der Waals surface area (Å²) >= 11 is 1.32. The lowest BCUT2D eigenvalue weighted by molar-refractivity contribution is -0.117.